The molecule has 8 heteroatoms. The highest BCUT2D eigenvalue weighted by molar-refractivity contribution is 7.93. The molecule has 14 heavy (non-hydrogen) atoms. The van der Waals surface area contributed by atoms with Crippen LogP contribution in [-0.4, -0.2) is 38.8 Å². The lowest BCUT2D eigenvalue weighted by molar-refractivity contribution is 0.600. The van der Waals surface area contributed by atoms with Gasteiger partial charge in [0.05, 0.1) is 11.5 Å². The summed E-state index contributed by atoms with van der Waals surface area (Å²) < 4.78 is 43.3. The fraction of sp³-hybridized carbons (Fsp3) is 0.667. The first-order valence-electron chi connectivity index (χ1n) is 3.51. The Bertz CT molecular complexity index is 344. The second kappa shape index (κ2) is 5.95. The van der Waals surface area contributed by atoms with Crippen molar-refractivity contribution >= 4 is 42.9 Å². The van der Waals surface area contributed by atoms with Gasteiger partial charge in [-0.1, -0.05) is 12.2 Å². The molecule has 0 saturated carbocycles. The minimum Gasteiger partial charge on any atom is -0.227 e. The van der Waals surface area contributed by atoms with E-state index in [4.69, 9.17) is 23.2 Å². The summed E-state index contributed by atoms with van der Waals surface area (Å²) >= 11 is 10.3. The first-order valence-corrected chi connectivity index (χ1v) is 8.22. The van der Waals surface area contributed by atoms with Gasteiger partial charge in [-0.2, -0.15) is 0 Å². The number of rotatable bonds is 6. The van der Waals surface area contributed by atoms with E-state index in [9.17, 15) is 16.8 Å². The Labute approximate surface area is 93.7 Å². The quantitative estimate of drug-likeness (QED) is 0.532. The van der Waals surface area contributed by atoms with E-state index in [1.807, 2.05) is 0 Å². The lowest BCUT2D eigenvalue weighted by Gasteiger charge is -1.94. The zero-order valence-corrected chi connectivity index (χ0v) is 10.3. The van der Waals surface area contributed by atoms with Gasteiger partial charge in [-0.3, -0.25) is 0 Å². The highest BCUT2D eigenvalue weighted by Crippen LogP contribution is 1.97. The van der Waals surface area contributed by atoms with Crippen LogP contribution in [0.5, 0.6) is 0 Å². The van der Waals surface area contributed by atoms with Gasteiger partial charge in [0.25, 0.3) is 0 Å². The van der Waals surface area contributed by atoms with Crippen molar-refractivity contribution in [3.63, 3.8) is 0 Å². The Hall–Kier alpha value is 0.220. The summed E-state index contributed by atoms with van der Waals surface area (Å²) in [6.07, 6.45) is 2.50. The van der Waals surface area contributed by atoms with E-state index in [0.29, 0.717) is 0 Å². The molecule has 0 radical (unpaired) electrons. The van der Waals surface area contributed by atoms with Gasteiger partial charge < -0.3 is 0 Å². The predicted molar refractivity (Wildman–Crippen MR) is 58.2 cm³/mol. The third kappa shape index (κ3) is 6.64. The number of alkyl halides is 2. The molecule has 0 atom stereocenters. The van der Waals surface area contributed by atoms with Crippen LogP contribution in [-0.2, 0) is 19.7 Å². The van der Waals surface area contributed by atoms with Gasteiger partial charge in [0.2, 0.25) is 0 Å². The Kier molecular flexibility index (Phi) is 6.04. The molecular weight excluding hydrogens is 271 g/mol. The van der Waals surface area contributed by atoms with E-state index in [2.05, 4.69) is 0 Å². The molecule has 0 aromatic heterocycles. The van der Waals surface area contributed by atoms with Crippen LogP contribution in [0.4, 0.5) is 0 Å². The van der Waals surface area contributed by atoms with E-state index in [-0.39, 0.29) is 11.5 Å². The van der Waals surface area contributed by atoms with Gasteiger partial charge in [0, 0.05) is 0 Å². The molecule has 0 aromatic rings. The molecule has 0 aliphatic carbocycles. The molecule has 0 spiro atoms. The van der Waals surface area contributed by atoms with Crippen LogP contribution < -0.4 is 0 Å². The normalized spacial score (nSPS) is 13.6. The Morgan fingerprint density at radius 1 is 0.786 bits per heavy atom. The Morgan fingerprint density at radius 3 is 1.29 bits per heavy atom. The lowest BCUT2D eigenvalue weighted by atomic mass is 10.6. The summed E-state index contributed by atoms with van der Waals surface area (Å²) in [5, 5.41) is -0.945. The van der Waals surface area contributed by atoms with Crippen LogP contribution in [0.15, 0.2) is 12.2 Å². The molecule has 0 N–H and O–H groups in total. The highest BCUT2D eigenvalue weighted by atomic mass is 35.5. The minimum absolute atomic E-state index is 0.256. The number of hydrogen-bond acceptors (Lipinski definition) is 4. The second-order valence-electron chi connectivity index (χ2n) is 2.51. The number of halogens is 2. The summed E-state index contributed by atoms with van der Waals surface area (Å²) in [6, 6.07) is 0. The first kappa shape index (κ1) is 14.2. The third-order valence-corrected chi connectivity index (χ3v) is 5.26. The van der Waals surface area contributed by atoms with Crippen LogP contribution in [0.25, 0.3) is 0 Å². The molecule has 0 saturated heterocycles. The van der Waals surface area contributed by atoms with Gasteiger partial charge in [0.15, 0.2) is 19.7 Å². The minimum atomic E-state index is -3.29. The summed E-state index contributed by atoms with van der Waals surface area (Å²) in [7, 11) is -6.59. The molecule has 0 aliphatic rings. The van der Waals surface area contributed by atoms with Crippen LogP contribution in [0, 0.1) is 0 Å². The van der Waals surface area contributed by atoms with E-state index in [1.165, 1.54) is 12.2 Å². The molecule has 0 amide bonds. The smallest absolute Gasteiger partial charge is 0.167 e. The molecule has 0 bridgehead atoms. The van der Waals surface area contributed by atoms with Gasteiger partial charge in [0.1, 0.15) is 10.4 Å². The fourth-order valence-electron chi connectivity index (χ4n) is 0.518. The van der Waals surface area contributed by atoms with Gasteiger partial charge in [-0.05, 0) is 0 Å². The van der Waals surface area contributed by atoms with Crippen LogP contribution >= 0.6 is 23.2 Å². The first-order chi connectivity index (χ1) is 6.33. The molecular formula is C6H10Cl2O4S2. The van der Waals surface area contributed by atoms with Crippen molar-refractivity contribution in [1.82, 2.24) is 0 Å². The third-order valence-electron chi connectivity index (χ3n) is 1.20. The number of sulfone groups is 2. The van der Waals surface area contributed by atoms with Crippen LogP contribution in [0.3, 0.4) is 0 Å². The van der Waals surface area contributed by atoms with Crippen molar-refractivity contribution in [1.29, 1.82) is 0 Å². The monoisotopic (exact) mass is 280 g/mol. The molecule has 0 fully saturated rings. The van der Waals surface area contributed by atoms with E-state index < -0.39 is 30.1 Å². The fourth-order valence-corrected chi connectivity index (χ4v) is 2.09. The second-order valence-corrected chi connectivity index (χ2v) is 7.90. The molecule has 0 aliphatic heterocycles. The summed E-state index contributed by atoms with van der Waals surface area (Å²) in [4.78, 5) is 0. The van der Waals surface area contributed by atoms with Crippen molar-refractivity contribution in [2.45, 2.75) is 0 Å². The van der Waals surface area contributed by atoms with Gasteiger partial charge >= 0.3 is 0 Å². The zero-order chi connectivity index (χ0) is 11.2. The summed E-state index contributed by atoms with van der Waals surface area (Å²) in [5.74, 6) is -0.511. The molecule has 0 heterocycles. The van der Waals surface area contributed by atoms with E-state index >= 15 is 0 Å². The van der Waals surface area contributed by atoms with Crippen molar-refractivity contribution in [2.75, 3.05) is 21.9 Å². The SMILES string of the molecule is O=S(=O)(CCl)C/C=C/CS(=O)(=O)CCl. The molecule has 4 nitrogen and oxygen atoms in total. The Morgan fingerprint density at radius 2 is 1.07 bits per heavy atom. The van der Waals surface area contributed by atoms with Crippen LogP contribution in [0.1, 0.15) is 0 Å². The largest absolute Gasteiger partial charge is 0.227 e. The summed E-state index contributed by atoms with van der Waals surface area (Å²) in [5.41, 5.74) is 0. The average molecular weight is 281 g/mol. The van der Waals surface area contributed by atoms with Crippen LogP contribution in [0.2, 0.25) is 0 Å². The van der Waals surface area contributed by atoms with Gasteiger partial charge in [-0.15, -0.1) is 23.2 Å². The topological polar surface area (TPSA) is 68.3 Å². The summed E-state index contributed by atoms with van der Waals surface area (Å²) in [6.45, 7) is 0. The van der Waals surface area contributed by atoms with Crippen molar-refractivity contribution in [3.8, 4) is 0 Å². The molecule has 0 unspecified atom stereocenters. The average Bonchev–Trinajstić information content (AvgIpc) is 2.13. The van der Waals surface area contributed by atoms with E-state index in [1.54, 1.807) is 0 Å². The molecule has 84 valence electrons. The maximum absolute atomic E-state index is 10.8. The Balaban J connectivity index is 4.12. The zero-order valence-electron chi connectivity index (χ0n) is 7.19. The molecule has 0 aromatic carbocycles. The lowest BCUT2D eigenvalue weighted by Crippen LogP contribution is -2.07. The maximum atomic E-state index is 10.8. The maximum Gasteiger partial charge on any atom is 0.167 e. The van der Waals surface area contributed by atoms with Gasteiger partial charge in [-0.25, -0.2) is 16.8 Å². The predicted octanol–water partition coefficient (Wildman–Crippen LogP) is 0.765. The standard InChI is InChI=1S/C6H10Cl2O4S2/c7-5-13(9,10)3-1-2-4-14(11,12)6-8/h1-2H,3-6H2/b2-1+. The van der Waals surface area contributed by atoms with Crippen molar-refractivity contribution < 1.29 is 16.8 Å². The van der Waals surface area contributed by atoms with Crippen molar-refractivity contribution in [2.24, 2.45) is 0 Å². The number of hydrogen-bond donors (Lipinski definition) is 0. The molecule has 0 rings (SSSR count). The highest BCUT2D eigenvalue weighted by Gasteiger charge is 2.07. The van der Waals surface area contributed by atoms with E-state index in [0.717, 1.165) is 0 Å². The van der Waals surface area contributed by atoms with Crippen molar-refractivity contribution in [3.05, 3.63) is 12.2 Å².